The molecule has 0 aliphatic heterocycles. The van der Waals surface area contributed by atoms with Crippen molar-refractivity contribution in [2.24, 2.45) is 0 Å². The summed E-state index contributed by atoms with van der Waals surface area (Å²) in [6, 6.07) is 39.9. The molecule has 166 valence electrons. The van der Waals surface area contributed by atoms with E-state index in [2.05, 4.69) is 83.8 Å². The van der Waals surface area contributed by atoms with Crippen molar-refractivity contribution in [3.63, 3.8) is 0 Å². The molecule has 0 unspecified atom stereocenters. The van der Waals surface area contributed by atoms with Crippen LogP contribution < -0.4 is 4.90 Å². The maximum absolute atomic E-state index is 13.8. The average Bonchev–Trinajstić information content (AvgIpc) is 3.30. The SMILES string of the molecule is Fc1ccc(N(c2ccccc2)c2cc3oc4ccc5ccccc5c4c3c3ccccc23)cc1. The van der Waals surface area contributed by atoms with Crippen LogP contribution in [0.25, 0.3) is 43.5 Å². The summed E-state index contributed by atoms with van der Waals surface area (Å²) in [5, 5.41) is 6.84. The first kappa shape index (κ1) is 19.8. The molecule has 0 spiro atoms. The van der Waals surface area contributed by atoms with Gasteiger partial charge in [-0.3, -0.25) is 0 Å². The Morgan fingerprint density at radius 1 is 0.514 bits per heavy atom. The number of hydrogen-bond acceptors (Lipinski definition) is 2. The minimum atomic E-state index is -0.258. The third-order valence-corrected chi connectivity index (χ3v) is 6.69. The monoisotopic (exact) mass is 453 g/mol. The first-order valence-electron chi connectivity index (χ1n) is 11.6. The summed E-state index contributed by atoms with van der Waals surface area (Å²) < 4.78 is 20.3. The van der Waals surface area contributed by atoms with Crippen LogP contribution in [0.4, 0.5) is 21.5 Å². The zero-order chi connectivity index (χ0) is 23.4. The number of nitrogens with zero attached hydrogens (tertiary/aromatic N) is 1. The molecule has 0 atom stereocenters. The van der Waals surface area contributed by atoms with E-state index >= 15 is 0 Å². The van der Waals surface area contributed by atoms with Crippen molar-refractivity contribution in [3.8, 4) is 0 Å². The van der Waals surface area contributed by atoms with E-state index in [-0.39, 0.29) is 5.82 Å². The highest BCUT2D eigenvalue weighted by molar-refractivity contribution is 6.28. The third kappa shape index (κ3) is 3.09. The highest BCUT2D eigenvalue weighted by Gasteiger charge is 2.20. The molecular formula is C32H20FNO. The molecule has 0 radical (unpaired) electrons. The van der Waals surface area contributed by atoms with Crippen molar-refractivity contribution in [3.05, 3.63) is 127 Å². The second-order valence-electron chi connectivity index (χ2n) is 8.72. The molecule has 0 amide bonds. The maximum Gasteiger partial charge on any atom is 0.138 e. The zero-order valence-electron chi connectivity index (χ0n) is 18.8. The van der Waals surface area contributed by atoms with Gasteiger partial charge in [-0.2, -0.15) is 0 Å². The molecule has 0 aliphatic rings. The van der Waals surface area contributed by atoms with Crippen LogP contribution in [0.2, 0.25) is 0 Å². The number of rotatable bonds is 3. The summed E-state index contributed by atoms with van der Waals surface area (Å²) in [6.45, 7) is 0. The Bertz CT molecular complexity index is 1850. The quantitative estimate of drug-likeness (QED) is 0.265. The van der Waals surface area contributed by atoms with Gasteiger partial charge in [0.25, 0.3) is 0 Å². The standard InChI is InChI=1S/C32H20FNO/c33-22-15-17-24(18-16-22)34(23-9-2-1-3-10-23)28-20-30-32(27-13-7-6-12-26(27)28)31-25-11-5-4-8-21(25)14-19-29(31)35-30/h1-20H. The van der Waals surface area contributed by atoms with E-state index in [0.29, 0.717) is 0 Å². The van der Waals surface area contributed by atoms with Crippen LogP contribution in [-0.2, 0) is 0 Å². The maximum atomic E-state index is 13.8. The molecule has 3 heteroatoms. The molecule has 6 aromatic carbocycles. The molecule has 2 nitrogen and oxygen atoms in total. The topological polar surface area (TPSA) is 16.4 Å². The minimum absolute atomic E-state index is 0.258. The summed E-state index contributed by atoms with van der Waals surface area (Å²) in [4.78, 5) is 2.16. The lowest BCUT2D eigenvalue weighted by atomic mass is 9.98. The number of furan rings is 1. The molecule has 0 saturated heterocycles. The fourth-order valence-corrected chi connectivity index (χ4v) is 5.16. The van der Waals surface area contributed by atoms with Gasteiger partial charge in [0, 0.05) is 33.6 Å². The summed E-state index contributed by atoms with van der Waals surface area (Å²) in [7, 11) is 0. The average molecular weight is 454 g/mol. The minimum Gasteiger partial charge on any atom is -0.456 e. The van der Waals surface area contributed by atoms with Gasteiger partial charge in [-0.25, -0.2) is 4.39 Å². The molecule has 0 bridgehead atoms. The van der Waals surface area contributed by atoms with Gasteiger partial charge >= 0.3 is 0 Å². The molecule has 1 heterocycles. The predicted molar refractivity (Wildman–Crippen MR) is 143 cm³/mol. The van der Waals surface area contributed by atoms with Crippen LogP contribution >= 0.6 is 0 Å². The van der Waals surface area contributed by atoms with E-state index in [4.69, 9.17) is 4.42 Å². The molecule has 35 heavy (non-hydrogen) atoms. The third-order valence-electron chi connectivity index (χ3n) is 6.69. The predicted octanol–water partition coefficient (Wildman–Crippen LogP) is 9.50. The van der Waals surface area contributed by atoms with Gasteiger partial charge in [-0.15, -0.1) is 0 Å². The second-order valence-corrected chi connectivity index (χ2v) is 8.72. The Morgan fingerprint density at radius 2 is 1.14 bits per heavy atom. The summed E-state index contributed by atoms with van der Waals surface area (Å²) in [5.74, 6) is -0.258. The second kappa shape index (κ2) is 7.71. The first-order chi connectivity index (χ1) is 17.3. The first-order valence-corrected chi connectivity index (χ1v) is 11.6. The highest BCUT2D eigenvalue weighted by Crippen LogP contribution is 2.45. The van der Waals surface area contributed by atoms with Crippen LogP contribution in [0.1, 0.15) is 0 Å². The lowest BCUT2D eigenvalue weighted by Crippen LogP contribution is -2.10. The Hall–Kier alpha value is -4.63. The number of halogens is 1. The van der Waals surface area contributed by atoms with E-state index in [0.717, 1.165) is 49.8 Å². The summed E-state index contributed by atoms with van der Waals surface area (Å²) in [6.07, 6.45) is 0. The van der Waals surface area contributed by atoms with Crippen molar-refractivity contribution in [1.29, 1.82) is 0 Å². The Balaban J connectivity index is 1.61. The summed E-state index contributed by atoms with van der Waals surface area (Å²) in [5.41, 5.74) is 4.55. The molecule has 0 fully saturated rings. The zero-order valence-corrected chi connectivity index (χ0v) is 18.8. The smallest absolute Gasteiger partial charge is 0.138 e. The molecular weight excluding hydrogens is 433 g/mol. The van der Waals surface area contributed by atoms with Crippen LogP contribution in [0, 0.1) is 5.82 Å². The van der Waals surface area contributed by atoms with Gasteiger partial charge in [0.1, 0.15) is 17.0 Å². The Labute approximate surface area is 201 Å². The van der Waals surface area contributed by atoms with Crippen molar-refractivity contribution >= 4 is 60.5 Å². The molecule has 1 aromatic heterocycles. The summed E-state index contributed by atoms with van der Waals surface area (Å²) >= 11 is 0. The van der Waals surface area contributed by atoms with Gasteiger partial charge in [-0.1, -0.05) is 72.8 Å². The van der Waals surface area contributed by atoms with Gasteiger partial charge in [0.15, 0.2) is 0 Å². The molecule has 7 rings (SSSR count). The number of anilines is 3. The highest BCUT2D eigenvalue weighted by atomic mass is 19.1. The lowest BCUT2D eigenvalue weighted by molar-refractivity contribution is 0.628. The number of fused-ring (bicyclic) bond motifs is 7. The van der Waals surface area contributed by atoms with Crippen molar-refractivity contribution < 1.29 is 8.81 Å². The van der Waals surface area contributed by atoms with E-state index in [1.807, 2.05) is 30.3 Å². The Kier molecular flexibility index (Phi) is 4.36. The van der Waals surface area contributed by atoms with E-state index in [1.54, 1.807) is 0 Å². The van der Waals surface area contributed by atoms with E-state index in [9.17, 15) is 4.39 Å². The largest absolute Gasteiger partial charge is 0.456 e. The molecule has 0 aliphatic carbocycles. The molecule has 7 aromatic rings. The van der Waals surface area contributed by atoms with Crippen LogP contribution in [-0.4, -0.2) is 0 Å². The molecule has 0 N–H and O–H groups in total. The van der Waals surface area contributed by atoms with Crippen molar-refractivity contribution in [2.75, 3.05) is 4.90 Å². The number of hydrogen-bond donors (Lipinski definition) is 0. The lowest BCUT2D eigenvalue weighted by Gasteiger charge is -2.27. The normalized spacial score (nSPS) is 11.6. The number of benzene rings is 6. The fourth-order valence-electron chi connectivity index (χ4n) is 5.16. The van der Waals surface area contributed by atoms with E-state index < -0.39 is 0 Å². The van der Waals surface area contributed by atoms with Crippen molar-refractivity contribution in [2.45, 2.75) is 0 Å². The van der Waals surface area contributed by atoms with Gasteiger partial charge in [-0.05, 0) is 58.6 Å². The fraction of sp³-hybridized carbons (Fsp3) is 0. The van der Waals surface area contributed by atoms with E-state index in [1.165, 1.54) is 22.9 Å². The van der Waals surface area contributed by atoms with Gasteiger partial charge < -0.3 is 9.32 Å². The number of para-hydroxylation sites is 1. The van der Waals surface area contributed by atoms with Crippen LogP contribution in [0.3, 0.4) is 0 Å². The van der Waals surface area contributed by atoms with Crippen LogP contribution in [0.15, 0.2) is 126 Å². The van der Waals surface area contributed by atoms with Crippen LogP contribution in [0.5, 0.6) is 0 Å². The van der Waals surface area contributed by atoms with Gasteiger partial charge in [0.2, 0.25) is 0 Å². The van der Waals surface area contributed by atoms with Gasteiger partial charge in [0.05, 0.1) is 5.69 Å². The van der Waals surface area contributed by atoms with Crippen molar-refractivity contribution in [1.82, 2.24) is 0 Å². The Morgan fingerprint density at radius 3 is 1.94 bits per heavy atom. The molecule has 0 saturated carbocycles.